The standard InChI is InChI=1S/C17H21N3O4/c21-16(19-13-4-2-1-3-5-13)9-17(22)20-18-10-12-6-7-14-15(8-12)24-11-23-14/h6-8,10,13H,1-5,9,11H2,(H,19,21)(H,20,22)/b18-10-. The van der Waals surface area contributed by atoms with Crippen molar-refractivity contribution in [1.29, 1.82) is 0 Å². The van der Waals surface area contributed by atoms with Crippen LogP contribution in [-0.4, -0.2) is 30.9 Å². The molecule has 2 amide bonds. The first-order valence-electron chi connectivity index (χ1n) is 8.21. The van der Waals surface area contributed by atoms with Crippen LogP contribution >= 0.6 is 0 Å². The molecule has 128 valence electrons. The van der Waals surface area contributed by atoms with Gasteiger partial charge in [0.15, 0.2) is 11.5 Å². The van der Waals surface area contributed by atoms with Crippen LogP contribution in [0.3, 0.4) is 0 Å². The topological polar surface area (TPSA) is 89.0 Å². The van der Waals surface area contributed by atoms with Gasteiger partial charge in [0.1, 0.15) is 6.42 Å². The van der Waals surface area contributed by atoms with Crippen LogP contribution in [0.5, 0.6) is 11.5 Å². The minimum absolute atomic E-state index is 0.205. The fourth-order valence-electron chi connectivity index (χ4n) is 2.88. The van der Waals surface area contributed by atoms with Crippen LogP contribution in [0.25, 0.3) is 0 Å². The van der Waals surface area contributed by atoms with Crippen molar-refractivity contribution in [2.45, 2.75) is 44.6 Å². The van der Waals surface area contributed by atoms with E-state index in [9.17, 15) is 9.59 Å². The molecule has 1 aliphatic heterocycles. The van der Waals surface area contributed by atoms with Gasteiger partial charge in [-0.05, 0) is 36.6 Å². The lowest BCUT2D eigenvalue weighted by Gasteiger charge is -2.22. The van der Waals surface area contributed by atoms with E-state index >= 15 is 0 Å². The summed E-state index contributed by atoms with van der Waals surface area (Å²) in [6.07, 6.45) is 6.77. The highest BCUT2D eigenvalue weighted by Gasteiger charge is 2.17. The summed E-state index contributed by atoms with van der Waals surface area (Å²) < 4.78 is 10.5. The molecular formula is C17H21N3O4. The van der Waals surface area contributed by atoms with Gasteiger partial charge in [0, 0.05) is 6.04 Å². The highest BCUT2D eigenvalue weighted by Crippen LogP contribution is 2.31. The zero-order chi connectivity index (χ0) is 16.8. The van der Waals surface area contributed by atoms with Crippen LogP contribution in [0.2, 0.25) is 0 Å². The minimum atomic E-state index is -0.430. The molecule has 1 heterocycles. The van der Waals surface area contributed by atoms with Gasteiger partial charge in [-0.3, -0.25) is 9.59 Å². The van der Waals surface area contributed by atoms with E-state index in [-0.39, 0.29) is 25.2 Å². The summed E-state index contributed by atoms with van der Waals surface area (Å²) in [5.74, 6) is 0.658. The monoisotopic (exact) mass is 331 g/mol. The minimum Gasteiger partial charge on any atom is -0.454 e. The van der Waals surface area contributed by atoms with Crippen LogP contribution in [0.1, 0.15) is 44.1 Å². The second-order valence-corrected chi connectivity index (χ2v) is 5.99. The molecule has 0 aromatic heterocycles. The number of carbonyl (C=O) groups excluding carboxylic acids is 2. The van der Waals surface area contributed by atoms with Gasteiger partial charge in [0.05, 0.1) is 6.21 Å². The van der Waals surface area contributed by atoms with E-state index in [0.717, 1.165) is 31.2 Å². The molecule has 0 bridgehead atoms. The van der Waals surface area contributed by atoms with E-state index in [2.05, 4.69) is 15.8 Å². The summed E-state index contributed by atoms with van der Waals surface area (Å²) in [6, 6.07) is 5.56. The van der Waals surface area contributed by atoms with Gasteiger partial charge in [-0.25, -0.2) is 5.43 Å². The second kappa shape index (κ2) is 7.81. The number of nitrogens with one attached hydrogen (secondary N) is 2. The van der Waals surface area contributed by atoms with Crippen LogP contribution < -0.4 is 20.2 Å². The van der Waals surface area contributed by atoms with Gasteiger partial charge in [-0.15, -0.1) is 0 Å². The van der Waals surface area contributed by atoms with Crippen molar-refractivity contribution >= 4 is 18.0 Å². The average molecular weight is 331 g/mol. The Hall–Kier alpha value is -2.57. The Morgan fingerprint density at radius 2 is 1.92 bits per heavy atom. The van der Waals surface area contributed by atoms with Crippen molar-refractivity contribution in [3.05, 3.63) is 23.8 Å². The summed E-state index contributed by atoms with van der Waals surface area (Å²) >= 11 is 0. The predicted octanol–water partition coefficient (Wildman–Crippen LogP) is 1.70. The van der Waals surface area contributed by atoms with E-state index in [1.807, 2.05) is 0 Å². The number of hydrogen-bond donors (Lipinski definition) is 2. The molecule has 0 unspecified atom stereocenters. The van der Waals surface area contributed by atoms with E-state index < -0.39 is 5.91 Å². The smallest absolute Gasteiger partial charge is 0.249 e. The Morgan fingerprint density at radius 3 is 2.75 bits per heavy atom. The molecule has 7 heteroatoms. The number of hydrogen-bond acceptors (Lipinski definition) is 5. The Kier molecular flexibility index (Phi) is 5.30. The van der Waals surface area contributed by atoms with Crippen LogP contribution in [-0.2, 0) is 9.59 Å². The number of rotatable bonds is 5. The normalized spacial score (nSPS) is 17.0. The fraction of sp³-hybridized carbons (Fsp3) is 0.471. The molecule has 2 N–H and O–H groups in total. The number of amides is 2. The average Bonchev–Trinajstić information content (AvgIpc) is 3.03. The molecule has 1 saturated carbocycles. The molecule has 0 atom stereocenters. The van der Waals surface area contributed by atoms with E-state index in [1.54, 1.807) is 18.2 Å². The predicted molar refractivity (Wildman–Crippen MR) is 87.9 cm³/mol. The van der Waals surface area contributed by atoms with E-state index in [1.165, 1.54) is 12.6 Å². The Morgan fingerprint density at radius 1 is 1.12 bits per heavy atom. The molecular weight excluding hydrogens is 310 g/mol. The van der Waals surface area contributed by atoms with Gasteiger partial charge in [-0.2, -0.15) is 5.10 Å². The zero-order valence-electron chi connectivity index (χ0n) is 13.4. The number of nitrogens with zero attached hydrogens (tertiary/aromatic N) is 1. The highest BCUT2D eigenvalue weighted by atomic mass is 16.7. The third kappa shape index (κ3) is 4.47. The van der Waals surface area contributed by atoms with Crippen molar-refractivity contribution in [3.63, 3.8) is 0 Å². The molecule has 2 aliphatic rings. The molecule has 1 fully saturated rings. The van der Waals surface area contributed by atoms with Gasteiger partial charge in [0.25, 0.3) is 0 Å². The first-order valence-corrected chi connectivity index (χ1v) is 8.21. The molecule has 0 spiro atoms. The summed E-state index contributed by atoms with van der Waals surface area (Å²) in [7, 11) is 0. The summed E-state index contributed by atoms with van der Waals surface area (Å²) in [5.41, 5.74) is 3.13. The van der Waals surface area contributed by atoms with Gasteiger partial charge < -0.3 is 14.8 Å². The maximum Gasteiger partial charge on any atom is 0.249 e. The van der Waals surface area contributed by atoms with Crippen LogP contribution in [0.15, 0.2) is 23.3 Å². The quantitative estimate of drug-likeness (QED) is 0.488. The van der Waals surface area contributed by atoms with Crippen molar-refractivity contribution in [3.8, 4) is 11.5 Å². The number of hydrazone groups is 1. The molecule has 7 nitrogen and oxygen atoms in total. The SMILES string of the molecule is O=C(CC(=O)NC1CCCCC1)N/N=C\c1ccc2c(c1)OCO2. The number of carbonyl (C=O) groups is 2. The Labute approximate surface area is 140 Å². The van der Waals surface area contributed by atoms with Crippen molar-refractivity contribution in [2.75, 3.05) is 6.79 Å². The van der Waals surface area contributed by atoms with Crippen molar-refractivity contribution in [2.24, 2.45) is 5.10 Å². The van der Waals surface area contributed by atoms with Crippen molar-refractivity contribution in [1.82, 2.24) is 10.7 Å². The summed E-state index contributed by atoms with van der Waals surface area (Å²) in [6.45, 7) is 0.211. The maximum atomic E-state index is 11.8. The van der Waals surface area contributed by atoms with Gasteiger partial charge in [0.2, 0.25) is 18.6 Å². The van der Waals surface area contributed by atoms with E-state index in [0.29, 0.717) is 11.5 Å². The molecule has 0 radical (unpaired) electrons. The molecule has 0 saturated heterocycles. The fourth-order valence-corrected chi connectivity index (χ4v) is 2.88. The number of ether oxygens (including phenoxy) is 2. The third-order valence-electron chi connectivity index (χ3n) is 4.09. The largest absolute Gasteiger partial charge is 0.454 e. The summed E-state index contributed by atoms with van der Waals surface area (Å²) in [4.78, 5) is 23.6. The lowest BCUT2D eigenvalue weighted by Crippen LogP contribution is -2.38. The summed E-state index contributed by atoms with van der Waals surface area (Å²) in [5, 5.41) is 6.77. The van der Waals surface area contributed by atoms with Crippen LogP contribution in [0.4, 0.5) is 0 Å². The zero-order valence-corrected chi connectivity index (χ0v) is 13.4. The maximum absolute atomic E-state index is 11.8. The van der Waals surface area contributed by atoms with Crippen molar-refractivity contribution < 1.29 is 19.1 Å². The lowest BCUT2D eigenvalue weighted by molar-refractivity contribution is -0.129. The molecule has 1 aromatic carbocycles. The molecule has 1 aromatic rings. The molecule has 24 heavy (non-hydrogen) atoms. The number of benzene rings is 1. The van der Waals surface area contributed by atoms with Gasteiger partial charge >= 0.3 is 0 Å². The first-order chi connectivity index (χ1) is 11.7. The Bertz CT molecular complexity index is 639. The van der Waals surface area contributed by atoms with Gasteiger partial charge in [-0.1, -0.05) is 19.3 Å². The van der Waals surface area contributed by atoms with E-state index in [4.69, 9.17) is 9.47 Å². The lowest BCUT2D eigenvalue weighted by atomic mass is 9.95. The highest BCUT2D eigenvalue weighted by molar-refractivity contribution is 5.97. The third-order valence-corrected chi connectivity index (χ3v) is 4.09. The molecule has 3 rings (SSSR count). The Balaban J connectivity index is 1.42. The van der Waals surface area contributed by atoms with Crippen LogP contribution in [0, 0.1) is 0 Å². The second-order valence-electron chi connectivity index (χ2n) is 5.99. The molecule has 1 aliphatic carbocycles. The first kappa shape index (κ1) is 16.3. The number of fused-ring (bicyclic) bond motifs is 1.